The van der Waals surface area contributed by atoms with E-state index in [4.69, 9.17) is 9.47 Å². The average Bonchev–Trinajstić information content (AvgIpc) is 2.62. The first-order valence-electron chi connectivity index (χ1n) is 7.98. The number of nitrogens with one attached hydrogen (secondary N) is 2. The first-order chi connectivity index (χ1) is 12.3. The molecule has 0 aliphatic heterocycles. The van der Waals surface area contributed by atoms with Crippen molar-refractivity contribution in [1.82, 2.24) is 10.3 Å². The van der Waals surface area contributed by atoms with Crippen LogP contribution < -0.4 is 19.7 Å². The van der Waals surface area contributed by atoms with Gasteiger partial charge < -0.3 is 9.47 Å². The number of hydrazine groups is 1. The Balaban J connectivity index is 2.16. The van der Waals surface area contributed by atoms with Gasteiger partial charge in [-0.2, -0.15) is 0 Å². The lowest BCUT2D eigenvalue weighted by molar-refractivity contribution is 0.0944. The van der Waals surface area contributed by atoms with E-state index in [2.05, 4.69) is 10.3 Å². The standard InChI is InChI=1S/C18H22N2O5S/c1-5-25-15-9-8-14(11-16(15)24-4)18(21)19-20-26(22,23)17-10-12(2)6-7-13(17)3/h6-11,20H,5H2,1-4H3,(H,19,21). The molecular weight excluding hydrogens is 356 g/mol. The Kier molecular flexibility index (Phi) is 6.23. The molecule has 0 unspecified atom stereocenters. The molecule has 0 radical (unpaired) electrons. The third-order valence-electron chi connectivity index (χ3n) is 3.66. The minimum absolute atomic E-state index is 0.113. The lowest BCUT2D eigenvalue weighted by Gasteiger charge is -2.13. The molecule has 2 rings (SSSR count). The van der Waals surface area contributed by atoms with Gasteiger partial charge in [0, 0.05) is 5.56 Å². The summed E-state index contributed by atoms with van der Waals surface area (Å²) in [5.41, 5.74) is 3.83. The van der Waals surface area contributed by atoms with Crippen LogP contribution in [0.1, 0.15) is 28.4 Å². The Morgan fingerprint density at radius 1 is 1.08 bits per heavy atom. The first-order valence-corrected chi connectivity index (χ1v) is 9.47. The molecule has 0 fully saturated rings. The SMILES string of the molecule is CCOc1ccc(C(=O)NNS(=O)(=O)c2cc(C)ccc2C)cc1OC. The highest BCUT2D eigenvalue weighted by Crippen LogP contribution is 2.28. The minimum Gasteiger partial charge on any atom is -0.493 e. The van der Waals surface area contributed by atoms with E-state index in [0.717, 1.165) is 5.56 Å². The normalized spacial score (nSPS) is 11.1. The van der Waals surface area contributed by atoms with Crippen molar-refractivity contribution in [3.05, 3.63) is 53.1 Å². The van der Waals surface area contributed by atoms with Gasteiger partial charge in [0.1, 0.15) is 0 Å². The summed E-state index contributed by atoms with van der Waals surface area (Å²) >= 11 is 0. The maximum absolute atomic E-state index is 12.4. The Labute approximate surface area is 153 Å². The zero-order chi connectivity index (χ0) is 19.3. The van der Waals surface area contributed by atoms with Gasteiger partial charge in [0.25, 0.3) is 15.9 Å². The summed E-state index contributed by atoms with van der Waals surface area (Å²) in [6.07, 6.45) is 0. The van der Waals surface area contributed by atoms with Gasteiger partial charge in [-0.15, -0.1) is 4.83 Å². The third-order valence-corrected chi connectivity index (χ3v) is 5.05. The highest BCUT2D eigenvalue weighted by Gasteiger charge is 2.19. The van der Waals surface area contributed by atoms with Crippen LogP contribution in [0.3, 0.4) is 0 Å². The van der Waals surface area contributed by atoms with Crippen molar-refractivity contribution in [2.75, 3.05) is 13.7 Å². The molecule has 2 N–H and O–H groups in total. The van der Waals surface area contributed by atoms with Crippen molar-refractivity contribution in [2.45, 2.75) is 25.7 Å². The second kappa shape index (κ2) is 8.20. The molecule has 7 nitrogen and oxygen atoms in total. The van der Waals surface area contributed by atoms with Crippen LogP contribution in [0, 0.1) is 13.8 Å². The van der Waals surface area contributed by atoms with Gasteiger partial charge in [0.05, 0.1) is 18.6 Å². The number of carbonyl (C=O) groups excluding carboxylic acids is 1. The number of sulfonamides is 1. The molecule has 2 aromatic carbocycles. The quantitative estimate of drug-likeness (QED) is 0.721. The lowest BCUT2D eigenvalue weighted by Crippen LogP contribution is -2.41. The van der Waals surface area contributed by atoms with Crippen LogP contribution in [-0.2, 0) is 10.0 Å². The second-order valence-electron chi connectivity index (χ2n) is 5.63. The average molecular weight is 378 g/mol. The van der Waals surface area contributed by atoms with Gasteiger partial charge >= 0.3 is 0 Å². The monoisotopic (exact) mass is 378 g/mol. The molecule has 0 aliphatic rings. The summed E-state index contributed by atoms with van der Waals surface area (Å²) in [7, 11) is -2.43. The van der Waals surface area contributed by atoms with Crippen molar-refractivity contribution in [3.63, 3.8) is 0 Å². The van der Waals surface area contributed by atoms with Gasteiger partial charge in [0.2, 0.25) is 0 Å². The van der Waals surface area contributed by atoms with Crippen LogP contribution >= 0.6 is 0 Å². The summed E-state index contributed by atoms with van der Waals surface area (Å²) in [5.74, 6) is 0.277. The Morgan fingerprint density at radius 3 is 2.46 bits per heavy atom. The van der Waals surface area contributed by atoms with Gasteiger partial charge in [0.15, 0.2) is 11.5 Å². The van der Waals surface area contributed by atoms with Crippen LogP contribution in [0.4, 0.5) is 0 Å². The predicted molar refractivity (Wildman–Crippen MR) is 97.9 cm³/mol. The van der Waals surface area contributed by atoms with Crippen LogP contribution in [-0.4, -0.2) is 28.0 Å². The summed E-state index contributed by atoms with van der Waals surface area (Å²) in [5, 5.41) is 0. The number of hydrogen-bond donors (Lipinski definition) is 2. The van der Waals surface area contributed by atoms with E-state index in [1.54, 1.807) is 32.0 Å². The molecule has 0 saturated heterocycles. The molecule has 140 valence electrons. The maximum Gasteiger partial charge on any atom is 0.266 e. The molecule has 0 aliphatic carbocycles. The topological polar surface area (TPSA) is 93.7 Å². The highest BCUT2D eigenvalue weighted by atomic mass is 32.2. The summed E-state index contributed by atoms with van der Waals surface area (Å²) < 4.78 is 35.4. The van der Waals surface area contributed by atoms with E-state index in [9.17, 15) is 13.2 Å². The molecule has 0 heterocycles. The first kappa shape index (κ1) is 19.7. The largest absolute Gasteiger partial charge is 0.493 e. The number of carbonyl (C=O) groups is 1. The fourth-order valence-corrected chi connectivity index (χ4v) is 3.49. The number of amides is 1. The molecule has 0 saturated carbocycles. The number of methoxy groups -OCH3 is 1. The van der Waals surface area contributed by atoms with Crippen LogP contribution in [0.15, 0.2) is 41.3 Å². The molecular formula is C18H22N2O5S. The maximum atomic E-state index is 12.4. The Hall–Kier alpha value is -2.58. The van der Waals surface area contributed by atoms with Crippen LogP contribution in [0.25, 0.3) is 0 Å². The van der Waals surface area contributed by atoms with Gasteiger partial charge in [-0.3, -0.25) is 10.2 Å². The van der Waals surface area contributed by atoms with Crippen molar-refractivity contribution < 1.29 is 22.7 Å². The van der Waals surface area contributed by atoms with Crippen LogP contribution in [0.5, 0.6) is 11.5 Å². The second-order valence-corrected chi connectivity index (χ2v) is 7.28. The smallest absolute Gasteiger partial charge is 0.266 e. The van der Waals surface area contributed by atoms with Crippen LogP contribution in [0.2, 0.25) is 0 Å². The molecule has 26 heavy (non-hydrogen) atoms. The fraction of sp³-hybridized carbons (Fsp3) is 0.278. The van der Waals surface area contributed by atoms with Crippen molar-refractivity contribution >= 4 is 15.9 Å². The molecule has 0 atom stereocenters. The van der Waals surface area contributed by atoms with E-state index < -0.39 is 15.9 Å². The highest BCUT2D eigenvalue weighted by molar-refractivity contribution is 7.89. The van der Waals surface area contributed by atoms with E-state index in [1.165, 1.54) is 19.2 Å². The zero-order valence-corrected chi connectivity index (χ0v) is 15.9. The van der Waals surface area contributed by atoms with E-state index in [0.29, 0.717) is 23.7 Å². The van der Waals surface area contributed by atoms with Gasteiger partial charge in [-0.1, -0.05) is 12.1 Å². The van der Waals surface area contributed by atoms with E-state index in [-0.39, 0.29) is 10.5 Å². The Bertz CT molecular complexity index is 910. The minimum atomic E-state index is -3.89. The number of hydrogen-bond acceptors (Lipinski definition) is 5. The van der Waals surface area contributed by atoms with E-state index >= 15 is 0 Å². The molecule has 0 bridgehead atoms. The number of ether oxygens (including phenoxy) is 2. The zero-order valence-electron chi connectivity index (χ0n) is 15.1. The molecule has 2 aromatic rings. The Morgan fingerprint density at radius 2 is 1.81 bits per heavy atom. The summed E-state index contributed by atoms with van der Waals surface area (Å²) in [4.78, 5) is 14.5. The number of benzene rings is 2. The summed E-state index contributed by atoms with van der Waals surface area (Å²) in [6, 6.07) is 9.67. The fourth-order valence-electron chi connectivity index (χ4n) is 2.32. The van der Waals surface area contributed by atoms with E-state index in [1.807, 2.05) is 13.0 Å². The van der Waals surface area contributed by atoms with Crippen molar-refractivity contribution in [1.29, 1.82) is 0 Å². The van der Waals surface area contributed by atoms with Crippen molar-refractivity contribution in [2.24, 2.45) is 0 Å². The lowest BCUT2D eigenvalue weighted by atomic mass is 10.2. The van der Waals surface area contributed by atoms with Gasteiger partial charge in [-0.05, 0) is 56.2 Å². The molecule has 8 heteroatoms. The summed E-state index contributed by atoms with van der Waals surface area (Å²) in [6.45, 7) is 5.77. The third kappa shape index (κ3) is 4.53. The number of rotatable bonds is 7. The molecule has 0 aromatic heterocycles. The van der Waals surface area contributed by atoms with Gasteiger partial charge in [-0.25, -0.2) is 8.42 Å². The molecule has 1 amide bonds. The number of aryl methyl sites for hydroxylation is 2. The predicted octanol–water partition coefficient (Wildman–Crippen LogP) is 2.33. The van der Waals surface area contributed by atoms with Crippen molar-refractivity contribution in [3.8, 4) is 11.5 Å². The molecule has 0 spiro atoms.